The summed E-state index contributed by atoms with van der Waals surface area (Å²) in [4.78, 5) is 7.44. The first kappa shape index (κ1) is 25.5. The Morgan fingerprint density at radius 1 is 1.13 bits per heavy atom. The third-order valence-electron chi connectivity index (χ3n) is 5.31. The van der Waals surface area contributed by atoms with Gasteiger partial charge in [0.15, 0.2) is 15.8 Å². The van der Waals surface area contributed by atoms with Crippen molar-refractivity contribution in [3.05, 3.63) is 59.7 Å². The fraction of sp³-hybridized carbons (Fsp3) is 0.435. The molecule has 0 aromatic heterocycles. The average Bonchev–Trinajstić information content (AvgIpc) is 3.27. The third kappa shape index (κ3) is 7.38. The van der Waals surface area contributed by atoms with Crippen molar-refractivity contribution in [1.82, 2.24) is 10.6 Å². The van der Waals surface area contributed by atoms with E-state index in [-0.39, 0.29) is 30.0 Å². The Hall–Kier alpha value is -1.81. The predicted molar refractivity (Wildman–Crippen MR) is 139 cm³/mol. The summed E-state index contributed by atoms with van der Waals surface area (Å²) in [5.74, 6) is 0.740. The number of benzene rings is 2. The van der Waals surface area contributed by atoms with Gasteiger partial charge in [0, 0.05) is 31.6 Å². The first-order valence-corrected chi connectivity index (χ1v) is 12.4. The summed E-state index contributed by atoms with van der Waals surface area (Å²) >= 11 is 0. The second-order valence-electron chi connectivity index (χ2n) is 7.77. The van der Waals surface area contributed by atoms with Gasteiger partial charge in [-0.1, -0.05) is 24.3 Å². The van der Waals surface area contributed by atoms with Crippen LogP contribution >= 0.6 is 24.0 Å². The first-order valence-electron chi connectivity index (χ1n) is 10.6. The summed E-state index contributed by atoms with van der Waals surface area (Å²) in [6, 6.07) is 15.7. The van der Waals surface area contributed by atoms with E-state index in [9.17, 15) is 8.42 Å². The van der Waals surface area contributed by atoms with Crippen LogP contribution in [0.25, 0.3) is 0 Å². The van der Waals surface area contributed by atoms with E-state index in [0.717, 1.165) is 31.2 Å². The molecule has 8 heteroatoms. The van der Waals surface area contributed by atoms with Crippen molar-refractivity contribution >= 4 is 45.5 Å². The molecule has 1 fully saturated rings. The summed E-state index contributed by atoms with van der Waals surface area (Å²) < 4.78 is 23.2. The maximum Gasteiger partial charge on any atom is 0.192 e. The van der Waals surface area contributed by atoms with Crippen LogP contribution in [0.2, 0.25) is 0 Å². The van der Waals surface area contributed by atoms with Crippen LogP contribution in [0, 0.1) is 0 Å². The molecule has 2 N–H and O–H groups in total. The van der Waals surface area contributed by atoms with Gasteiger partial charge in [-0.15, -0.1) is 24.0 Å². The molecule has 170 valence electrons. The first-order chi connectivity index (χ1) is 14.4. The summed E-state index contributed by atoms with van der Waals surface area (Å²) in [6.07, 6.45) is 3.74. The van der Waals surface area contributed by atoms with Crippen molar-refractivity contribution in [1.29, 1.82) is 0 Å². The summed E-state index contributed by atoms with van der Waals surface area (Å²) in [7, 11) is -3.18. The molecule has 0 radical (unpaired) electrons. The van der Waals surface area contributed by atoms with E-state index in [1.165, 1.54) is 30.3 Å². The van der Waals surface area contributed by atoms with Crippen LogP contribution < -0.4 is 15.5 Å². The van der Waals surface area contributed by atoms with Crippen LogP contribution in [0.3, 0.4) is 0 Å². The monoisotopic (exact) mass is 556 g/mol. The standard InChI is InChI=1S/C23H32N4O2S.HI/c1-4-24-23(25-17-19-10-12-22(13-11-19)30(3,28)29)26-18(2)20-8-7-9-21(16-20)27-14-5-6-15-27;/h7-13,16,18H,4-6,14-15,17H2,1-3H3,(H2,24,25,26);1H. The third-order valence-corrected chi connectivity index (χ3v) is 6.44. The van der Waals surface area contributed by atoms with Crippen LogP contribution in [0.5, 0.6) is 0 Å². The number of rotatable bonds is 7. The van der Waals surface area contributed by atoms with Crippen molar-refractivity contribution in [3.8, 4) is 0 Å². The molecular weight excluding hydrogens is 523 g/mol. The van der Waals surface area contributed by atoms with Gasteiger partial charge in [-0.2, -0.15) is 0 Å². The highest BCUT2D eigenvalue weighted by atomic mass is 127. The number of aliphatic imine (C=N–C) groups is 1. The van der Waals surface area contributed by atoms with Gasteiger partial charge in [0.05, 0.1) is 17.5 Å². The molecule has 1 atom stereocenters. The van der Waals surface area contributed by atoms with Gasteiger partial charge < -0.3 is 15.5 Å². The fourth-order valence-electron chi connectivity index (χ4n) is 3.59. The molecule has 3 rings (SSSR count). The zero-order valence-electron chi connectivity index (χ0n) is 18.5. The van der Waals surface area contributed by atoms with Gasteiger partial charge >= 0.3 is 0 Å². The molecule has 1 aliphatic rings. The van der Waals surface area contributed by atoms with Crippen molar-refractivity contribution in [2.75, 3.05) is 30.8 Å². The Balaban J connectivity index is 0.00000341. The number of anilines is 1. The Morgan fingerprint density at radius 2 is 1.81 bits per heavy atom. The molecule has 6 nitrogen and oxygen atoms in total. The Bertz CT molecular complexity index is 971. The number of nitrogens with zero attached hydrogens (tertiary/aromatic N) is 2. The molecule has 1 heterocycles. The Morgan fingerprint density at radius 3 is 2.42 bits per heavy atom. The maximum absolute atomic E-state index is 11.6. The minimum Gasteiger partial charge on any atom is -0.372 e. The largest absolute Gasteiger partial charge is 0.372 e. The van der Waals surface area contributed by atoms with Gasteiger partial charge in [-0.05, 0) is 62.1 Å². The zero-order chi connectivity index (χ0) is 21.6. The van der Waals surface area contributed by atoms with E-state index in [4.69, 9.17) is 0 Å². The molecule has 1 unspecified atom stereocenters. The average molecular weight is 557 g/mol. The minimum absolute atomic E-state index is 0. The number of nitrogens with one attached hydrogen (secondary N) is 2. The smallest absolute Gasteiger partial charge is 0.192 e. The number of guanidine groups is 1. The number of hydrogen-bond acceptors (Lipinski definition) is 4. The molecule has 1 aliphatic heterocycles. The van der Waals surface area contributed by atoms with Gasteiger partial charge in [0.2, 0.25) is 0 Å². The molecule has 31 heavy (non-hydrogen) atoms. The minimum atomic E-state index is -3.18. The quantitative estimate of drug-likeness (QED) is 0.305. The molecule has 1 saturated heterocycles. The number of halogens is 1. The van der Waals surface area contributed by atoms with Gasteiger partial charge in [0.1, 0.15) is 0 Å². The SMILES string of the molecule is CCNC(=NCc1ccc(S(C)(=O)=O)cc1)NC(C)c1cccc(N2CCCC2)c1.I. The Kier molecular flexibility index (Phi) is 9.61. The van der Waals surface area contributed by atoms with Crippen LogP contribution in [-0.4, -0.2) is 40.3 Å². The van der Waals surface area contributed by atoms with E-state index in [1.807, 2.05) is 19.1 Å². The van der Waals surface area contributed by atoms with Crippen LogP contribution in [-0.2, 0) is 16.4 Å². The van der Waals surface area contributed by atoms with Crippen molar-refractivity contribution in [2.45, 2.75) is 44.2 Å². The van der Waals surface area contributed by atoms with Crippen LogP contribution in [0.1, 0.15) is 43.9 Å². The summed E-state index contributed by atoms with van der Waals surface area (Å²) in [6.45, 7) is 7.67. The predicted octanol–water partition coefficient (Wildman–Crippen LogP) is 4.12. The number of hydrogen-bond donors (Lipinski definition) is 2. The molecule has 0 spiro atoms. The highest BCUT2D eigenvalue weighted by Gasteiger charge is 2.14. The maximum atomic E-state index is 11.6. The van der Waals surface area contributed by atoms with E-state index in [0.29, 0.717) is 11.4 Å². The molecular formula is C23H33IN4O2S. The molecule has 2 aromatic rings. The number of sulfone groups is 1. The van der Waals surface area contributed by atoms with E-state index in [1.54, 1.807) is 12.1 Å². The molecule has 0 bridgehead atoms. The second kappa shape index (κ2) is 11.7. The molecule has 0 amide bonds. The van der Waals surface area contributed by atoms with Crippen LogP contribution in [0.4, 0.5) is 5.69 Å². The lowest BCUT2D eigenvalue weighted by Gasteiger charge is -2.22. The summed E-state index contributed by atoms with van der Waals surface area (Å²) in [5, 5.41) is 6.77. The van der Waals surface area contributed by atoms with E-state index < -0.39 is 9.84 Å². The van der Waals surface area contributed by atoms with E-state index in [2.05, 4.69) is 51.7 Å². The Labute approximate surface area is 203 Å². The van der Waals surface area contributed by atoms with Crippen molar-refractivity contribution < 1.29 is 8.42 Å². The van der Waals surface area contributed by atoms with Crippen molar-refractivity contribution in [2.24, 2.45) is 4.99 Å². The van der Waals surface area contributed by atoms with Crippen LogP contribution in [0.15, 0.2) is 58.4 Å². The topological polar surface area (TPSA) is 73.8 Å². The van der Waals surface area contributed by atoms with Gasteiger partial charge in [-0.3, -0.25) is 0 Å². The van der Waals surface area contributed by atoms with Crippen molar-refractivity contribution in [3.63, 3.8) is 0 Å². The zero-order valence-corrected chi connectivity index (χ0v) is 21.6. The highest BCUT2D eigenvalue weighted by Crippen LogP contribution is 2.24. The lowest BCUT2D eigenvalue weighted by Crippen LogP contribution is -2.38. The fourth-order valence-corrected chi connectivity index (χ4v) is 4.22. The normalized spacial score (nSPS) is 15.3. The molecule has 0 aliphatic carbocycles. The lowest BCUT2D eigenvalue weighted by molar-refractivity contribution is 0.602. The second-order valence-corrected chi connectivity index (χ2v) is 9.78. The summed E-state index contributed by atoms with van der Waals surface area (Å²) in [5.41, 5.74) is 3.47. The lowest BCUT2D eigenvalue weighted by atomic mass is 10.1. The van der Waals surface area contributed by atoms with Gasteiger partial charge in [0.25, 0.3) is 0 Å². The van der Waals surface area contributed by atoms with E-state index >= 15 is 0 Å². The molecule has 2 aromatic carbocycles. The van der Waals surface area contributed by atoms with Gasteiger partial charge in [-0.25, -0.2) is 13.4 Å². The highest BCUT2D eigenvalue weighted by molar-refractivity contribution is 14.0. The molecule has 0 saturated carbocycles.